The molecule has 0 aliphatic carbocycles. The molecular weight excluding hydrogens is 467 g/mol. The zero-order valence-corrected chi connectivity index (χ0v) is 18.6. The lowest BCUT2D eigenvalue weighted by Crippen LogP contribution is -2.07. The van der Waals surface area contributed by atoms with Crippen LogP contribution in [0.2, 0.25) is 0 Å². The number of hydrogen-bond donors (Lipinski definition) is 2. The average molecular weight is 483 g/mol. The molecule has 2 N–H and O–H groups in total. The number of fused-ring (bicyclic) bond motifs is 1. The molecule has 0 fully saturated rings. The standard InChI is InChI=1S/C22H16F3N7OS/c1-11-16(17(32-33-11)13-6-4-3-5-7-13)30-21-31-18-19(27-12(2)28-20(18)34-21)29-14-8-9-15(26-10-14)22(23,24)25/h3-10H,1-2H3,(H,30,31)(H,27,28,29). The van der Waals surface area contributed by atoms with Crippen molar-refractivity contribution in [2.75, 3.05) is 10.6 Å². The van der Waals surface area contributed by atoms with Crippen molar-refractivity contribution >= 4 is 44.0 Å². The predicted octanol–water partition coefficient (Wildman–Crippen LogP) is 6.26. The SMILES string of the molecule is Cc1nc(Nc2ccc(C(F)(F)F)nc2)c2nc(Nc3c(-c4ccccc4)noc3C)sc2n1. The van der Waals surface area contributed by atoms with Crippen LogP contribution >= 0.6 is 11.3 Å². The second-order valence-corrected chi connectivity index (χ2v) is 8.28. The summed E-state index contributed by atoms with van der Waals surface area (Å²) in [6, 6.07) is 11.8. The first-order valence-electron chi connectivity index (χ1n) is 10.0. The van der Waals surface area contributed by atoms with Gasteiger partial charge in [-0.05, 0) is 26.0 Å². The van der Waals surface area contributed by atoms with Crippen molar-refractivity contribution < 1.29 is 17.7 Å². The molecule has 0 amide bonds. The highest BCUT2D eigenvalue weighted by Crippen LogP contribution is 2.36. The summed E-state index contributed by atoms with van der Waals surface area (Å²) < 4.78 is 43.8. The maximum atomic E-state index is 12.8. The molecule has 0 aliphatic rings. The van der Waals surface area contributed by atoms with Gasteiger partial charge in [-0.25, -0.2) is 19.9 Å². The van der Waals surface area contributed by atoms with Gasteiger partial charge in [0.25, 0.3) is 0 Å². The molecule has 172 valence electrons. The van der Waals surface area contributed by atoms with Gasteiger partial charge in [0.2, 0.25) is 0 Å². The smallest absolute Gasteiger partial charge is 0.359 e. The fraction of sp³-hybridized carbons (Fsp3) is 0.136. The Morgan fingerprint density at radius 2 is 1.74 bits per heavy atom. The van der Waals surface area contributed by atoms with E-state index >= 15 is 0 Å². The Balaban J connectivity index is 1.47. The molecule has 0 radical (unpaired) electrons. The lowest BCUT2D eigenvalue weighted by molar-refractivity contribution is -0.141. The van der Waals surface area contributed by atoms with Crippen LogP contribution in [0, 0.1) is 13.8 Å². The van der Waals surface area contributed by atoms with Crippen molar-refractivity contribution in [2.45, 2.75) is 20.0 Å². The summed E-state index contributed by atoms with van der Waals surface area (Å²) >= 11 is 1.31. The van der Waals surface area contributed by atoms with E-state index in [0.717, 1.165) is 17.8 Å². The maximum absolute atomic E-state index is 12.8. The summed E-state index contributed by atoms with van der Waals surface area (Å²) in [7, 11) is 0. The van der Waals surface area contributed by atoms with Crippen LogP contribution in [0.1, 0.15) is 17.3 Å². The fourth-order valence-electron chi connectivity index (χ4n) is 3.26. The first-order valence-corrected chi connectivity index (χ1v) is 10.8. The highest BCUT2D eigenvalue weighted by Gasteiger charge is 2.32. The normalized spacial score (nSPS) is 11.7. The van der Waals surface area contributed by atoms with Crippen LogP contribution in [0.4, 0.5) is 35.5 Å². The van der Waals surface area contributed by atoms with E-state index in [1.54, 1.807) is 13.8 Å². The highest BCUT2D eigenvalue weighted by atomic mass is 32.1. The zero-order chi connectivity index (χ0) is 23.9. The fourth-order valence-corrected chi connectivity index (χ4v) is 4.15. The number of benzene rings is 1. The molecule has 4 aromatic heterocycles. The van der Waals surface area contributed by atoms with Crippen LogP contribution < -0.4 is 10.6 Å². The Kier molecular flexibility index (Phi) is 5.36. The summed E-state index contributed by atoms with van der Waals surface area (Å²) in [6.07, 6.45) is -3.41. The van der Waals surface area contributed by atoms with Gasteiger partial charge in [0, 0.05) is 5.56 Å². The molecule has 8 nitrogen and oxygen atoms in total. The van der Waals surface area contributed by atoms with Crippen LogP contribution in [0.5, 0.6) is 0 Å². The molecule has 5 rings (SSSR count). The predicted molar refractivity (Wildman–Crippen MR) is 122 cm³/mol. The Hall–Kier alpha value is -4.06. The number of aromatic nitrogens is 5. The molecule has 0 unspecified atom stereocenters. The molecule has 1 aromatic carbocycles. The number of alkyl halides is 3. The molecule has 34 heavy (non-hydrogen) atoms. The Morgan fingerprint density at radius 1 is 0.941 bits per heavy atom. The quantitative estimate of drug-likeness (QED) is 0.302. The maximum Gasteiger partial charge on any atom is 0.433 e. The number of pyridine rings is 1. The highest BCUT2D eigenvalue weighted by molar-refractivity contribution is 7.21. The van der Waals surface area contributed by atoms with Crippen molar-refractivity contribution in [1.29, 1.82) is 0 Å². The average Bonchev–Trinajstić information content (AvgIpc) is 3.37. The Bertz CT molecular complexity index is 1460. The largest absolute Gasteiger partial charge is 0.433 e. The molecule has 0 bridgehead atoms. The second-order valence-electron chi connectivity index (χ2n) is 7.30. The summed E-state index contributed by atoms with van der Waals surface area (Å²) in [6.45, 7) is 3.52. The minimum absolute atomic E-state index is 0.344. The van der Waals surface area contributed by atoms with Crippen LogP contribution in [0.3, 0.4) is 0 Å². The molecule has 0 spiro atoms. The lowest BCUT2D eigenvalue weighted by atomic mass is 10.1. The van der Waals surface area contributed by atoms with Gasteiger partial charge in [0.05, 0.1) is 11.9 Å². The summed E-state index contributed by atoms with van der Waals surface area (Å²) in [4.78, 5) is 17.5. The number of thiazole rings is 1. The third kappa shape index (κ3) is 4.27. The Morgan fingerprint density at radius 3 is 2.44 bits per heavy atom. The number of hydrogen-bond acceptors (Lipinski definition) is 9. The molecule has 4 heterocycles. The van der Waals surface area contributed by atoms with Gasteiger partial charge < -0.3 is 15.2 Å². The van der Waals surface area contributed by atoms with Crippen molar-refractivity contribution in [1.82, 2.24) is 25.1 Å². The van der Waals surface area contributed by atoms with E-state index in [0.29, 0.717) is 49.9 Å². The molecule has 12 heteroatoms. The molecule has 0 saturated heterocycles. The number of aryl methyl sites for hydroxylation is 2. The van der Waals surface area contributed by atoms with E-state index in [1.807, 2.05) is 30.3 Å². The van der Waals surface area contributed by atoms with Gasteiger partial charge in [-0.2, -0.15) is 13.2 Å². The minimum atomic E-state index is -4.51. The monoisotopic (exact) mass is 483 g/mol. The van der Waals surface area contributed by atoms with E-state index in [1.165, 1.54) is 17.4 Å². The molecular formula is C22H16F3N7OS. The third-order valence-corrected chi connectivity index (χ3v) is 5.69. The zero-order valence-electron chi connectivity index (χ0n) is 17.8. The summed E-state index contributed by atoms with van der Waals surface area (Å²) in [5, 5.41) is 10.9. The van der Waals surface area contributed by atoms with Crippen LogP contribution in [-0.2, 0) is 6.18 Å². The second kappa shape index (κ2) is 8.37. The van der Waals surface area contributed by atoms with Gasteiger partial charge in [-0.15, -0.1) is 0 Å². The van der Waals surface area contributed by atoms with Gasteiger partial charge in [-0.3, -0.25) is 0 Å². The summed E-state index contributed by atoms with van der Waals surface area (Å²) in [5.41, 5.74) is 2.05. The van der Waals surface area contributed by atoms with Crippen molar-refractivity contribution in [3.8, 4) is 11.3 Å². The molecule has 0 saturated carbocycles. The van der Waals surface area contributed by atoms with Crippen LogP contribution in [0.25, 0.3) is 21.6 Å². The van der Waals surface area contributed by atoms with Crippen LogP contribution in [-0.4, -0.2) is 25.1 Å². The number of anilines is 4. The number of rotatable bonds is 5. The molecule has 0 atom stereocenters. The number of nitrogens with one attached hydrogen (secondary N) is 2. The van der Waals surface area contributed by atoms with Crippen molar-refractivity contribution in [3.05, 3.63) is 65.9 Å². The van der Waals surface area contributed by atoms with E-state index in [2.05, 4.69) is 35.7 Å². The minimum Gasteiger partial charge on any atom is -0.359 e. The summed E-state index contributed by atoms with van der Waals surface area (Å²) in [5.74, 6) is 1.43. The first kappa shape index (κ1) is 21.8. The topological polar surface area (TPSA) is 102 Å². The number of nitrogens with zero attached hydrogens (tertiary/aromatic N) is 5. The lowest BCUT2D eigenvalue weighted by Gasteiger charge is -2.09. The van der Waals surface area contributed by atoms with Crippen molar-refractivity contribution in [3.63, 3.8) is 0 Å². The van der Waals surface area contributed by atoms with Gasteiger partial charge in [0.1, 0.15) is 28.4 Å². The Labute approximate surface area is 194 Å². The van der Waals surface area contributed by atoms with Crippen molar-refractivity contribution in [2.24, 2.45) is 0 Å². The molecule has 0 aliphatic heterocycles. The van der Waals surface area contributed by atoms with E-state index in [9.17, 15) is 13.2 Å². The van der Waals surface area contributed by atoms with Gasteiger partial charge >= 0.3 is 6.18 Å². The van der Waals surface area contributed by atoms with E-state index in [-0.39, 0.29) is 0 Å². The first-order chi connectivity index (χ1) is 16.3. The van der Waals surface area contributed by atoms with E-state index < -0.39 is 11.9 Å². The van der Waals surface area contributed by atoms with Gasteiger partial charge in [0.15, 0.2) is 21.5 Å². The van der Waals surface area contributed by atoms with E-state index in [4.69, 9.17) is 4.52 Å². The third-order valence-electron chi connectivity index (χ3n) is 4.83. The molecule has 5 aromatic rings. The van der Waals surface area contributed by atoms with Gasteiger partial charge in [-0.1, -0.05) is 46.8 Å². The van der Waals surface area contributed by atoms with Crippen LogP contribution in [0.15, 0.2) is 53.2 Å². The number of halogens is 3.